The maximum Gasteiger partial charge on any atom is 0.123 e. The van der Waals surface area contributed by atoms with E-state index < -0.39 is 6.10 Å². The summed E-state index contributed by atoms with van der Waals surface area (Å²) in [6.07, 6.45) is 1.02. The molecule has 0 saturated heterocycles. The van der Waals surface area contributed by atoms with E-state index in [0.29, 0.717) is 32.2 Å². The SMILES string of the molecule is CC(C)COCC(O)CN(Cc1cccc(F)c1)Cc1ccco1. The van der Waals surface area contributed by atoms with Gasteiger partial charge in [-0.25, -0.2) is 4.39 Å². The molecule has 1 N–H and O–H groups in total. The number of aliphatic hydroxyl groups excluding tert-OH is 1. The van der Waals surface area contributed by atoms with Crippen LogP contribution >= 0.6 is 0 Å². The number of rotatable bonds is 10. The van der Waals surface area contributed by atoms with E-state index in [1.54, 1.807) is 12.3 Å². The molecule has 1 heterocycles. The third-order valence-corrected chi connectivity index (χ3v) is 3.49. The third kappa shape index (κ3) is 6.83. The van der Waals surface area contributed by atoms with Gasteiger partial charge in [0.25, 0.3) is 0 Å². The van der Waals surface area contributed by atoms with E-state index >= 15 is 0 Å². The second-order valence-electron chi connectivity index (χ2n) is 6.46. The van der Waals surface area contributed by atoms with Gasteiger partial charge in [0.2, 0.25) is 0 Å². The molecular formula is C19H26FNO3. The first kappa shape index (κ1) is 18.6. The molecule has 1 atom stereocenters. The summed E-state index contributed by atoms with van der Waals surface area (Å²) in [5.74, 6) is 0.983. The Morgan fingerprint density at radius 1 is 1.17 bits per heavy atom. The quantitative estimate of drug-likeness (QED) is 0.722. The van der Waals surface area contributed by atoms with Crippen molar-refractivity contribution in [3.8, 4) is 0 Å². The summed E-state index contributed by atoms with van der Waals surface area (Å²) in [4.78, 5) is 2.02. The standard InChI is InChI=1S/C19H26FNO3/c1-15(2)13-23-14-18(22)11-21(12-19-7-4-8-24-19)10-16-5-3-6-17(20)9-16/h3-9,15,18,22H,10-14H2,1-2H3. The molecule has 2 aromatic rings. The lowest BCUT2D eigenvalue weighted by atomic mass is 10.2. The van der Waals surface area contributed by atoms with Crippen molar-refractivity contribution in [1.82, 2.24) is 4.90 Å². The molecule has 0 radical (unpaired) electrons. The van der Waals surface area contributed by atoms with Crippen molar-refractivity contribution < 1.29 is 18.7 Å². The average Bonchev–Trinajstić information content (AvgIpc) is 2.99. The van der Waals surface area contributed by atoms with Crippen LogP contribution in [-0.2, 0) is 17.8 Å². The Balaban J connectivity index is 1.94. The van der Waals surface area contributed by atoms with E-state index in [4.69, 9.17) is 9.15 Å². The van der Waals surface area contributed by atoms with Crippen LogP contribution in [0.3, 0.4) is 0 Å². The smallest absolute Gasteiger partial charge is 0.123 e. The minimum atomic E-state index is -0.604. The highest BCUT2D eigenvalue weighted by Crippen LogP contribution is 2.12. The van der Waals surface area contributed by atoms with E-state index in [9.17, 15) is 9.50 Å². The molecule has 0 aliphatic heterocycles. The van der Waals surface area contributed by atoms with E-state index in [1.807, 2.05) is 23.1 Å². The van der Waals surface area contributed by atoms with Gasteiger partial charge >= 0.3 is 0 Å². The molecule has 0 saturated carbocycles. The Hall–Kier alpha value is -1.69. The molecule has 0 amide bonds. The average molecular weight is 335 g/mol. The number of ether oxygens (including phenoxy) is 1. The van der Waals surface area contributed by atoms with E-state index in [1.165, 1.54) is 12.1 Å². The lowest BCUT2D eigenvalue weighted by Crippen LogP contribution is -2.34. The summed E-state index contributed by atoms with van der Waals surface area (Å²) in [5, 5.41) is 10.2. The fourth-order valence-corrected chi connectivity index (χ4v) is 2.49. The molecule has 1 aromatic carbocycles. The molecule has 0 aliphatic carbocycles. The number of benzene rings is 1. The summed E-state index contributed by atoms with van der Waals surface area (Å²) in [6.45, 7) is 6.55. The first-order valence-corrected chi connectivity index (χ1v) is 8.28. The van der Waals surface area contributed by atoms with Gasteiger partial charge < -0.3 is 14.3 Å². The van der Waals surface area contributed by atoms with Crippen molar-refractivity contribution in [1.29, 1.82) is 0 Å². The molecule has 0 aliphatic rings. The number of halogens is 1. The van der Waals surface area contributed by atoms with Crippen LogP contribution in [-0.4, -0.2) is 35.9 Å². The van der Waals surface area contributed by atoms with Crippen molar-refractivity contribution in [3.05, 3.63) is 59.8 Å². The van der Waals surface area contributed by atoms with Crippen LogP contribution < -0.4 is 0 Å². The van der Waals surface area contributed by atoms with Gasteiger partial charge in [-0.05, 0) is 35.7 Å². The van der Waals surface area contributed by atoms with Crippen molar-refractivity contribution in [2.24, 2.45) is 5.92 Å². The Labute approximate surface area is 142 Å². The topological polar surface area (TPSA) is 45.8 Å². The van der Waals surface area contributed by atoms with E-state index in [0.717, 1.165) is 11.3 Å². The van der Waals surface area contributed by atoms with E-state index in [-0.39, 0.29) is 12.4 Å². The Morgan fingerprint density at radius 2 is 2.00 bits per heavy atom. The van der Waals surface area contributed by atoms with Crippen LogP contribution in [0, 0.1) is 11.7 Å². The van der Waals surface area contributed by atoms with Crippen molar-refractivity contribution >= 4 is 0 Å². The van der Waals surface area contributed by atoms with Gasteiger partial charge in [-0.3, -0.25) is 4.90 Å². The monoisotopic (exact) mass is 335 g/mol. The Bertz CT molecular complexity index is 586. The fourth-order valence-electron chi connectivity index (χ4n) is 2.49. The largest absolute Gasteiger partial charge is 0.468 e. The van der Waals surface area contributed by atoms with Gasteiger partial charge in [-0.15, -0.1) is 0 Å². The molecule has 1 aromatic heterocycles. The summed E-state index contributed by atoms with van der Waals surface area (Å²) in [5.41, 5.74) is 0.858. The van der Waals surface area contributed by atoms with Crippen LogP contribution in [0.5, 0.6) is 0 Å². The Morgan fingerprint density at radius 3 is 2.67 bits per heavy atom. The number of hydrogen-bond donors (Lipinski definition) is 1. The molecule has 0 spiro atoms. The van der Waals surface area contributed by atoms with Crippen LogP contribution in [0.15, 0.2) is 47.1 Å². The van der Waals surface area contributed by atoms with Crippen LogP contribution in [0.1, 0.15) is 25.2 Å². The van der Waals surface area contributed by atoms with Crippen molar-refractivity contribution in [3.63, 3.8) is 0 Å². The number of aliphatic hydroxyl groups is 1. The highest BCUT2D eigenvalue weighted by atomic mass is 19.1. The second kappa shape index (κ2) is 9.57. The van der Waals surface area contributed by atoms with Crippen molar-refractivity contribution in [2.75, 3.05) is 19.8 Å². The van der Waals surface area contributed by atoms with Gasteiger partial charge in [-0.1, -0.05) is 26.0 Å². The zero-order valence-electron chi connectivity index (χ0n) is 14.3. The molecule has 24 heavy (non-hydrogen) atoms. The maximum atomic E-state index is 13.4. The second-order valence-corrected chi connectivity index (χ2v) is 6.46. The highest BCUT2D eigenvalue weighted by Gasteiger charge is 2.15. The summed E-state index contributed by atoms with van der Waals surface area (Å²) in [6, 6.07) is 10.2. The van der Waals surface area contributed by atoms with Gasteiger partial charge in [-0.2, -0.15) is 0 Å². The minimum Gasteiger partial charge on any atom is -0.468 e. The Kier molecular flexibility index (Phi) is 7.43. The summed E-state index contributed by atoms with van der Waals surface area (Å²) >= 11 is 0. The van der Waals surface area contributed by atoms with Gasteiger partial charge in [0.15, 0.2) is 0 Å². The molecule has 0 fully saturated rings. The predicted molar refractivity (Wildman–Crippen MR) is 90.9 cm³/mol. The zero-order chi connectivity index (χ0) is 17.4. The highest BCUT2D eigenvalue weighted by molar-refractivity contribution is 5.16. The first-order chi connectivity index (χ1) is 11.5. The summed E-state index contributed by atoms with van der Waals surface area (Å²) in [7, 11) is 0. The minimum absolute atomic E-state index is 0.258. The molecule has 2 rings (SSSR count). The van der Waals surface area contributed by atoms with Crippen LogP contribution in [0.25, 0.3) is 0 Å². The molecule has 1 unspecified atom stereocenters. The number of furan rings is 1. The maximum absolute atomic E-state index is 13.4. The lowest BCUT2D eigenvalue weighted by Gasteiger charge is -2.24. The third-order valence-electron chi connectivity index (χ3n) is 3.49. The fraction of sp³-hybridized carbons (Fsp3) is 0.474. The first-order valence-electron chi connectivity index (χ1n) is 8.28. The molecule has 0 bridgehead atoms. The zero-order valence-corrected chi connectivity index (χ0v) is 14.3. The van der Waals surface area contributed by atoms with Crippen LogP contribution in [0.4, 0.5) is 4.39 Å². The molecular weight excluding hydrogens is 309 g/mol. The number of nitrogens with zero attached hydrogens (tertiary/aromatic N) is 1. The van der Waals surface area contributed by atoms with Crippen LogP contribution in [0.2, 0.25) is 0 Å². The van der Waals surface area contributed by atoms with Crippen molar-refractivity contribution in [2.45, 2.75) is 33.0 Å². The number of hydrogen-bond acceptors (Lipinski definition) is 4. The molecule has 5 heteroatoms. The lowest BCUT2D eigenvalue weighted by molar-refractivity contribution is 0.00459. The van der Waals surface area contributed by atoms with Gasteiger partial charge in [0.05, 0.1) is 25.5 Å². The van der Waals surface area contributed by atoms with E-state index in [2.05, 4.69) is 13.8 Å². The summed E-state index contributed by atoms with van der Waals surface area (Å²) < 4.78 is 24.3. The predicted octanol–water partition coefficient (Wildman–Crippen LogP) is 3.45. The molecule has 4 nitrogen and oxygen atoms in total. The normalized spacial score (nSPS) is 12.9. The van der Waals surface area contributed by atoms with Gasteiger partial charge in [0, 0.05) is 19.7 Å². The van der Waals surface area contributed by atoms with Gasteiger partial charge in [0.1, 0.15) is 11.6 Å². The molecule has 132 valence electrons.